The van der Waals surface area contributed by atoms with Gasteiger partial charge in [-0.25, -0.2) is 9.97 Å². The van der Waals surface area contributed by atoms with Gasteiger partial charge in [-0.3, -0.25) is 9.97 Å². The number of aryl methyl sites for hydroxylation is 1. The number of aliphatic hydroxyl groups excluding tert-OH is 1. The average Bonchev–Trinajstić information content (AvgIpc) is 2.41. The Morgan fingerprint density at radius 1 is 0.889 bits per heavy atom. The van der Waals surface area contributed by atoms with Crippen LogP contribution in [0.25, 0.3) is 0 Å². The minimum absolute atomic E-state index is 0.0931. The molecule has 0 spiro atoms. The smallest absolute Gasteiger partial charge is 0.147 e. The van der Waals surface area contributed by atoms with Crippen molar-refractivity contribution < 1.29 is 5.11 Å². The lowest BCUT2D eigenvalue weighted by Crippen LogP contribution is -1.88. The molecule has 0 aliphatic rings. The van der Waals surface area contributed by atoms with Crippen LogP contribution in [0.1, 0.15) is 18.3 Å². The van der Waals surface area contributed by atoms with Crippen molar-refractivity contribution >= 4 is 23.2 Å². The lowest BCUT2D eigenvalue weighted by atomic mass is 10.4. The zero-order chi connectivity index (χ0) is 13.4. The van der Waals surface area contributed by atoms with Crippen molar-refractivity contribution in [1.29, 1.82) is 0 Å². The van der Waals surface area contributed by atoms with E-state index in [2.05, 4.69) is 19.9 Å². The molecular weight excluding hydrogens is 275 g/mol. The first-order chi connectivity index (χ1) is 8.65. The molecule has 7 heteroatoms. The van der Waals surface area contributed by atoms with Crippen LogP contribution in [0.3, 0.4) is 0 Å². The van der Waals surface area contributed by atoms with E-state index >= 15 is 0 Å². The maximum atomic E-state index is 8.48. The summed E-state index contributed by atoms with van der Waals surface area (Å²) in [5.74, 6) is 0. The van der Waals surface area contributed by atoms with Crippen LogP contribution in [0, 0.1) is 0 Å². The molecule has 0 aromatic carbocycles. The Morgan fingerprint density at radius 2 is 1.39 bits per heavy atom. The molecular formula is C11H12Cl2N4O. The Balaban J connectivity index is 0.000000180. The summed E-state index contributed by atoms with van der Waals surface area (Å²) in [4.78, 5) is 15.3. The molecule has 0 radical (unpaired) electrons. The van der Waals surface area contributed by atoms with Crippen LogP contribution in [0.15, 0.2) is 24.8 Å². The monoisotopic (exact) mass is 286 g/mol. The third-order valence-electron chi connectivity index (χ3n) is 1.87. The predicted molar refractivity (Wildman–Crippen MR) is 69.4 cm³/mol. The molecule has 0 bridgehead atoms. The molecule has 18 heavy (non-hydrogen) atoms. The lowest BCUT2D eigenvalue weighted by Gasteiger charge is -1.91. The highest BCUT2D eigenvalue weighted by Gasteiger charge is 1.90. The van der Waals surface area contributed by atoms with Crippen LogP contribution in [0.4, 0.5) is 0 Å². The van der Waals surface area contributed by atoms with Gasteiger partial charge in [-0.2, -0.15) is 0 Å². The average molecular weight is 287 g/mol. The molecule has 2 heterocycles. The van der Waals surface area contributed by atoms with Crippen molar-refractivity contribution in [2.45, 2.75) is 20.0 Å². The van der Waals surface area contributed by atoms with Crippen LogP contribution in [0.5, 0.6) is 0 Å². The van der Waals surface area contributed by atoms with Gasteiger partial charge < -0.3 is 5.11 Å². The fourth-order valence-corrected chi connectivity index (χ4v) is 1.14. The normalized spacial score (nSPS) is 9.56. The number of aromatic nitrogens is 4. The minimum Gasteiger partial charge on any atom is -0.390 e. The molecule has 2 rings (SSSR count). The third kappa shape index (κ3) is 5.35. The van der Waals surface area contributed by atoms with Crippen LogP contribution in [-0.2, 0) is 13.0 Å². The topological polar surface area (TPSA) is 71.8 Å². The van der Waals surface area contributed by atoms with E-state index in [1.807, 2.05) is 6.92 Å². The van der Waals surface area contributed by atoms with Crippen molar-refractivity contribution in [2.24, 2.45) is 0 Å². The standard InChI is InChI=1S/C6H7ClN2.C5H5ClN2O/c1-2-5-3-9-6(7)4-8-5;6-5-2-7-4(3-9)1-8-5/h3-4H,2H2,1H3;1-2,9H,3H2. The number of hydrogen-bond acceptors (Lipinski definition) is 5. The maximum Gasteiger partial charge on any atom is 0.147 e. The summed E-state index contributed by atoms with van der Waals surface area (Å²) in [7, 11) is 0. The van der Waals surface area contributed by atoms with Crippen molar-refractivity contribution in [2.75, 3.05) is 0 Å². The van der Waals surface area contributed by atoms with Gasteiger partial charge in [0.15, 0.2) is 0 Å². The Kier molecular flexibility index (Phi) is 6.49. The summed E-state index contributed by atoms with van der Waals surface area (Å²) in [5, 5.41) is 9.27. The quantitative estimate of drug-likeness (QED) is 0.917. The fraction of sp³-hybridized carbons (Fsp3) is 0.273. The van der Waals surface area contributed by atoms with Crippen LogP contribution < -0.4 is 0 Å². The van der Waals surface area contributed by atoms with Crippen molar-refractivity contribution in [3.05, 3.63) is 46.5 Å². The number of nitrogens with zero attached hydrogens (tertiary/aromatic N) is 4. The maximum absolute atomic E-state index is 8.48. The first-order valence-corrected chi connectivity index (χ1v) is 5.95. The molecule has 1 N–H and O–H groups in total. The van der Waals surface area contributed by atoms with E-state index < -0.39 is 0 Å². The summed E-state index contributed by atoms with van der Waals surface area (Å²) >= 11 is 10.9. The molecule has 2 aromatic heterocycles. The van der Waals surface area contributed by atoms with Gasteiger partial charge in [0.25, 0.3) is 0 Å². The van der Waals surface area contributed by atoms with Gasteiger partial charge in [-0.1, -0.05) is 30.1 Å². The van der Waals surface area contributed by atoms with Crippen LogP contribution >= 0.6 is 23.2 Å². The molecule has 0 amide bonds. The second-order valence-corrected chi connectivity index (χ2v) is 3.95. The summed E-state index contributed by atoms with van der Waals surface area (Å²) in [6.07, 6.45) is 6.97. The Bertz CT molecular complexity index is 416. The molecule has 96 valence electrons. The largest absolute Gasteiger partial charge is 0.390 e. The Hall–Kier alpha value is -1.30. The summed E-state index contributed by atoms with van der Waals surface area (Å²) in [5.41, 5.74) is 1.50. The van der Waals surface area contributed by atoms with Gasteiger partial charge in [0.1, 0.15) is 10.3 Å². The number of rotatable bonds is 2. The molecule has 0 aliphatic heterocycles. The lowest BCUT2D eigenvalue weighted by molar-refractivity contribution is 0.276. The molecule has 0 saturated heterocycles. The molecule has 0 unspecified atom stereocenters. The summed E-state index contributed by atoms with van der Waals surface area (Å²) < 4.78 is 0. The SMILES string of the molecule is CCc1cnc(Cl)cn1.OCc1cnc(Cl)cn1. The van der Waals surface area contributed by atoms with Crippen molar-refractivity contribution in [3.8, 4) is 0 Å². The Morgan fingerprint density at radius 3 is 1.72 bits per heavy atom. The van der Waals surface area contributed by atoms with Crippen molar-refractivity contribution in [1.82, 2.24) is 19.9 Å². The van der Waals surface area contributed by atoms with E-state index in [-0.39, 0.29) is 6.61 Å². The van der Waals surface area contributed by atoms with E-state index in [1.54, 1.807) is 12.4 Å². The number of aliphatic hydroxyl groups is 1. The highest BCUT2D eigenvalue weighted by Crippen LogP contribution is 2.01. The molecule has 2 aromatic rings. The van der Waals surface area contributed by atoms with Gasteiger partial charge in [0.05, 0.1) is 42.8 Å². The first kappa shape index (κ1) is 14.8. The van der Waals surface area contributed by atoms with Gasteiger partial charge in [-0.15, -0.1) is 0 Å². The van der Waals surface area contributed by atoms with E-state index in [0.717, 1.165) is 12.1 Å². The number of halogens is 2. The number of hydrogen-bond donors (Lipinski definition) is 1. The second kappa shape index (κ2) is 7.92. The zero-order valence-electron chi connectivity index (χ0n) is 9.72. The van der Waals surface area contributed by atoms with Gasteiger partial charge in [0.2, 0.25) is 0 Å². The van der Waals surface area contributed by atoms with E-state index in [1.165, 1.54) is 12.4 Å². The third-order valence-corrected chi connectivity index (χ3v) is 2.26. The minimum atomic E-state index is -0.0931. The second-order valence-electron chi connectivity index (χ2n) is 3.17. The predicted octanol–water partition coefficient (Wildman–Crippen LogP) is 2.31. The van der Waals surface area contributed by atoms with Gasteiger partial charge >= 0.3 is 0 Å². The highest BCUT2D eigenvalue weighted by molar-refractivity contribution is 6.29. The first-order valence-electron chi connectivity index (χ1n) is 5.19. The van der Waals surface area contributed by atoms with Crippen LogP contribution in [-0.4, -0.2) is 25.0 Å². The van der Waals surface area contributed by atoms with Gasteiger partial charge in [-0.05, 0) is 6.42 Å². The molecule has 0 saturated carbocycles. The molecule has 0 atom stereocenters. The molecule has 0 aliphatic carbocycles. The molecule has 0 fully saturated rings. The van der Waals surface area contributed by atoms with Crippen LogP contribution in [0.2, 0.25) is 10.3 Å². The summed E-state index contributed by atoms with van der Waals surface area (Å²) in [6, 6.07) is 0. The fourth-order valence-electron chi connectivity index (χ4n) is 0.942. The zero-order valence-corrected chi connectivity index (χ0v) is 11.2. The highest BCUT2D eigenvalue weighted by atomic mass is 35.5. The van der Waals surface area contributed by atoms with Crippen molar-refractivity contribution in [3.63, 3.8) is 0 Å². The van der Waals surface area contributed by atoms with E-state index in [9.17, 15) is 0 Å². The Labute approximate surface area is 115 Å². The summed E-state index contributed by atoms with van der Waals surface area (Å²) in [6.45, 7) is 1.93. The van der Waals surface area contributed by atoms with E-state index in [4.69, 9.17) is 28.3 Å². The van der Waals surface area contributed by atoms with E-state index in [0.29, 0.717) is 16.0 Å². The molecule has 5 nitrogen and oxygen atoms in total. The van der Waals surface area contributed by atoms with Gasteiger partial charge in [0, 0.05) is 0 Å².